The molecule has 1 N–H and O–H groups in total. The van der Waals surface area contributed by atoms with E-state index in [0.717, 1.165) is 54.6 Å². The number of aromatic amines is 1. The topological polar surface area (TPSA) is 41.2 Å². The molecule has 108 valence electrons. The molecule has 0 radical (unpaired) electrons. The van der Waals surface area contributed by atoms with Crippen LogP contribution >= 0.6 is 11.6 Å². The maximum atomic E-state index is 5.98. The second kappa shape index (κ2) is 6.12. The fraction of sp³-hybridized carbons (Fsp3) is 0.533. The van der Waals surface area contributed by atoms with Crippen LogP contribution in [0.1, 0.15) is 12.2 Å². The minimum Gasteiger partial charge on any atom is -0.381 e. The largest absolute Gasteiger partial charge is 0.381 e. The number of halogens is 1. The van der Waals surface area contributed by atoms with Gasteiger partial charge in [0, 0.05) is 31.1 Å². The molecule has 5 heteroatoms. The van der Waals surface area contributed by atoms with Crippen LogP contribution in [0.25, 0.3) is 11.0 Å². The maximum Gasteiger partial charge on any atom is 0.108 e. The molecule has 1 atom stereocenters. The molecule has 20 heavy (non-hydrogen) atoms. The number of H-pyrrole nitrogens is 1. The first-order valence-corrected chi connectivity index (χ1v) is 7.49. The third-order valence-electron chi connectivity index (χ3n) is 3.82. The van der Waals surface area contributed by atoms with E-state index in [-0.39, 0.29) is 0 Å². The van der Waals surface area contributed by atoms with Crippen molar-refractivity contribution in [1.29, 1.82) is 0 Å². The van der Waals surface area contributed by atoms with Crippen LogP contribution < -0.4 is 0 Å². The lowest BCUT2D eigenvalue weighted by molar-refractivity contribution is 0.174. The van der Waals surface area contributed by atoms with Gasteiger partial charge in [0.25, 0.3) is 0 Å². The second-order valence-corrected chi connectivity index (χ2v) is 6.02. The Labute approximate surface area is 124 Å². The summed E-state index contributed by atoms with van der Waals surface area (Å²) in [7, 11) is 2.16. The number of hydrogen-bond donors (Lipinski definition) is 1. The molecule has 0 spiro atoms. The van der Waals surface area contributed by atoms with Gasteiger partial charge in [0.05, 0.1) is 17.6 Å². The van der Waals surface area contributed by atoms with Gasteiger partial charge in [-0.1, -0.05) is 11.6 Å². The molecule has 1 fully saturated rings. The number of rotatable bonds is 5. The Balaban J connectivity index is 1.56. The molecular formula is C15H20ClN3O. The Morgan fingerprint density at radius 1 is 1.50 bits per heavy atom. The summed E-state index contributed by atoms with van der Waals surface area (Å²) >= 11 is 5.98. The van der Waals surface area contributed by atoms with Crippen LogP contribution in [0.2, 0.25) is 5.02 Å². The maximum absolute atomic E-state index is 5.98. The highest BCUT2D eigenvalue weighted by molar-refractivity contribution is 6.31. The van der Waals surface area contributed by atoms with Crippen molar-refractivity contribution in [2.75, 3.05) is 33.4 Å². The summed E-state index contributed by atoms with van der Waals surface area (Å²) in [6, 6.07) is 5.75. The molecule has 0 amide bonds. The van der Waals surface area contributed by atoms with Gasteiger partial charge in [-0.2, -0.15) is 0 Å². The fourth-order valence-electron chi connectivity index (χ4n) is 2.71. The lowest BCUT2D eigenvalue weighted by atomic mass is 10.1. The highest BCUT2D eigenvalue weighted by atomic mass is 35.5. The van der Waals surface area contributed by atoms with Crippen molar-refractivity contribution in [2.45, 2.75) is 12.8 Å². The minimum atomic E-state index is 0.689. The number of hydrogen-bond acceptors (Lipinski definition) is 3. The van der Waals surface area contributed by atoms with E-state index in [9.17, 15) is 0 Å². The Hall–Kier alpha value is -1.10. The SMILES string of the molecule is CN(CCc1nc2ccc(Cl)cc2[nH]1)CC1CCOC1. The lowest BCUT2D eigenvalue weighted by Gasteiger charge is -2.19. The fourth-order valence-corrected chi connectivity index (χ4v) is 2.88. The van der Waals surface area contributed by atoms with Crippen molar-refractivity contribution in [2.24, 2.45) is 5.92 Å². The van der Waals surface area contributed by atoms with Crippen molar-refractivity contribution >= 4 is 22.6 Å². The van der Waals surface area contributed by atoms with E-state index in [1.54, 1.807) is 0 Å². The van der Waals surface area contributed by atoms with E-state index in [4.69, 9.17) is 16.3 Å². The predicted octanol–water partition coefficient (Wildman–Crippen LogP) is 2.73. The molecule has 0 saturated carbocycles. The van der Waals surface area contributed by atoms with Crippen LogP contribution in [-0.2, 0) is 11.2 Å². The van der Waals surface area contributed by atoms with Gasteiger partial charge >= 0.3 is 0 Å². The molecule has 2 aromatic rings. The van der Waals surface area contributed by atoms with Gasteiger partial charge < -0.3 is 14.6 Å². The number of fused-ring (bicyclic) bond motifs is 1. The third kappa shape index (κ3) is 3.32. The highest BCUT2D eigenvalue weighted by Gasteiger charge is 2.17. The Kier molecular flexibility index (Phi) is 4.24. The van der Waals surface area contributed by atoms with Crippen LogP contribution in [0.5, 0.6) is 0 Å². The molecule has 1 aromatic heterocycles. The Bertz CT molecular complexity index is 578. The molecule has 3 rings (SSSR count). The van der Waals surface area contributed by atoms with Crippen LogP contribution in [0.4, 0.5) is 0 Å². The standard InChI is InChI=1S/C15H20ClN3O/c1-19(9-11-5-7-20-10-11)6-4-15-17-13-3-2-12(16)8-14(13)18-15/h2-3,8,11H,4-7,9-10H2,1H3,(H,17,18). The minimum absolute atomic E-state index is 0.689. The van der Waals surface area contributed by atoms with Gasteiger partial charge in [-0.15, -0.1) is 0 Å². The van der Waals surface area contributed by atoms with Crippen molar-refractivity contribution in [3.63, 3.8) is 0 Å². The van der Waals surface area contributed by atoms with Crippen molar-refractivity contribution in [3.8, 4) is 0 Å². The van der Waals surface area contributed by atoms with E-state index in [2.05, 4.69) is 21.9 Å². The molecule has 1 unspecified atom stereocenters. The van der Waals surface area contributed by atoms with Crippen LogP contribution in [0, 0.1) is 5.92 Å². The molecular weight excluding hydrogens is 274 g/mol. The van der Waals surface area contributed by atoms with Gasteiger partial charge in [-0.3, -0.25) is 0 Å². The number of likely N-dealkylation sites (N-methyl/N-ethyl adjacent to an activating group) is 1. The van der Waals surface area contributed by atoms with Crippen LogP contribution in [0.3, 0.4) is 0 Å². The summed E-state index contributed by atoms with van der Waals surface area (Å²) in [6.07, 6.45) is 2.11. The van der Waals surface area contributed by atoms with E-state index < -0.39 is 0 Å². The van der Waals surface area contributed by atoms with Crippen molar-refractivity contribution in [3.05, 3.63) is 29.0 Å². The number of nitrogens with one attached hydrogen (secondary N) is 1. The first kappa shape index (κ1) is 13.9. The van der Waals surface area contributed by atoms with Gasteiger partial charge in [0.15, 0.2) is 0 Å². The number of benzene rings is 1. The highest BCUT2D eigenvalue weighted by Crippen LogP contribution is 2.18. The summed E-state index contributed by atoms with van der Waals surface area (Å²) < 4.78 is 5.41. The smallest absolute Gasteiger partial charge is 0.108 e. The molecule has 2 heterocycles. The average Bonchev–Trinajstić information content (AvgIpc) is 3.04. The summed E-state index contributed by atoms with van der Waals surface area (Å²) in [5.74, 6) is 1.71. The average molecular weight is 294 g/mol. The molecule has 0 bridgehead atoms. The summed E-state index contributed by atoms with van der Waals surface area (Å²) in [5, 5.41) is 0.742. The zero-order valence-electron chi connectivity index (χ0n) is 11.7. The first-order chi connectivity index (χ1) is 9.70. The van der Waals surface area contributed by atoms with E-state index in [1.165, 1.54) is 6.42 Å². The number of nitrogens with zero attached hydrogens (tertiary/aromatic N) is 2. The first-order valence-electron chi connectivity index (χ1n) is 7.11. The predicted molar refractivity (Wildman–Crippen MR) is 81.2 cm³/mol. The van der Waals surface area contributed by atoms with E-state index in [0.29, 0.717) is 5.92 Å². The normalized spacial score (nSPS) is 19.2. The van der Waals surface area contributed by atoms with Crippen LogP contribution in [0.15, 0.2) is 18.2 Å². The number of ether oxygens (including phenoxy) is 1. The summed E-state index contributed by atoms with van der Waals surface area (Å²) in [4.78, 5) is 10.3. The Morgan fingerprint density at radius 3 is 3.20 bits per heavy atom. The van der Waals surface area contributed by atoms with Gasteiger partial charge in [0.1, 0.15) is 5.82 Å². The van der Waals surface area contributed by atoms with Crippen LogP contribution in [-0.4, -0.2) is 48.2 Å². The van der Waals surface area contributed by atoms with Gasteiger partial charge in [-0.25, -0.2) is 4.98 Å². The molecule has 4 nitrogen and oxygen atoms in total. The van der Waals surface area contributed by atoms with Gasteiger partial charge in [0.2, 0.25) is 0 Å². The quantitative estimate of drug-likeness (QED) is 0.921. The Morgan fingerprint density at radius 2 is 2.40 bits per heavy atom. The number of imidazole rings is 1. The van der Waals surface area contributed by atoms with Gasteiger partial charge in [-0.05, 0) is 37.6 Å². The van der Waals surface area contributed by atoms with Crippen molar-refractivity contribution < 1.29 is 4.74 Å². The zero-order valence-corrected chi connectivity index (χ0v) is 12.5. The summed E-state index contributed by atoms with van der Waals surface area (Å²) in [6.45, 7) is 3.94. The zero-order chi connectivity index (χ0) is 13.9. The summed E-state index contributed by atoms with van der Waals surface area (Å²) in [5.41, 5.74) is 2.00. The lowest BCUT2D eigenvalue weighted by Crippen LogP contribution is -2.28. The third-order valence-corrected chi connectivity index (χ3v) is 4.05. The van der Waals surface area contributed by atoms with E-state index >= 15 is 0 Å². The number of aromatic nitrogens is 2. The molecule has 1 saturated heterocycles. The monoisotopic (exact) mass is 293 g/mol. The molecule has 1 aromatic carbocycles. The molecule has 1 aliphatic heterocycles. The molecule has 1 aliphatic rings. The van der Waals surface area contributed by atoms with E-state index in [1.807, 2.05) is 18.2 Å². The second-order valence-electron chi connectivity index (χ2n) is 5.59. The molecule has 0 aliphatic carbocycles. The van der Waals surface area contributed by atoms with Crippen molar-refractivity contribution in [1.82, 2.24) is 14.9 Å².